The molecular formula is C38H37F3N6O3. The van der Waals surface area contributed by atoms with E-state index in [1.807, 2.05) is 25.1 Å². The summed E-state index contributed by atoms with van der Waals surface area (Å²) in [7, 11) is 0. The molecular weight excluding hydrogens is 645 g/mol. The molecule has 0 saturated carbocycles. The van der Waals surface area contributed by atoms with Gasteiger partial charge in [0.1, 0.15) is 41.5 Å². The van der Waals surface area contributed by atoms with Gasteiger partial charge in [0, 0.05) is 66.4 Å². The zero-order valence-corrected chi connectivity index (χ0v) is 27.6. The molecule has 2 atom stereocenters. The van der Waals surface area contributed by atoms with E-state index in [0.29, 0.717) is 36.4 Å². The fourth-order valence-electron chi connectivity index (χ4n) is 6.77. The fraction of sp³-hybridized carbons (Fsp3) is 0.289. The molecule has 0 radical (unpaired) electrons. The zero-order valence-electron chi connectivity index (χ0n) is 27.6. The Morgan fingerprint density at radius 3 is 2.28 bits per heavy atom. The molecule has 3 heterocycles. The number of hydrogen-bond donors (Lipinski definition) is 1. The van der Waals surface area contributed by atoms with Crippen molar-refractivity contribution < 1.29 is 27.4 Å². The summed E-state index contributed by atoms with van der Waals surface area (Å²) in [6, 6.07) is 23.0. The highest BCUT2D eigenvalue weighted by Crippen LogP contribution is 2.42. The van der Waals surface area contributed by atoms with Crippen molar-refractivity contribution in [3.8, 4) is 5.75 Å². The molecule has 2 saturated heterocycles. The third-order valence-electron chi connectivity index (χ3n) is 9.39. The number of aromatic nitrogens is 3. The van der Waals surface area contributed by atoms with Crippen LogP contribution in [0.3, 0.4) is 0 Å². The molecule has 2 fully saturated rings. The van der Waals surface area contributed by atoms with Crippen molar-refractivity contribution in [2.45, 2.75) is 25.5 Å². The molecule has 0 aliphatic carbocycles. The van der Waals surface area contributed by atoms with E-state index in [2.05, 4.69) is 37.3 Å². The van der Waals surface area contributed by atoms with Crippen molar-refractivity contribution >= 4 is 23.0 Å². The summed E-state index contributed by atoms with van der Waals surface area (Å²) in [5.74, 6) is -1.14. The van der Waals surface area contributed by atoms with Gasteiger partial charge in [-0.3, -0.25) is 4.79 Å². The Morgan fingerprint density at radius 1 is 0.900 bits per heavy atom. The molecule has 258 valence electrons. The minimum absolute atomic E-state index is 0.0200. The van der Waals surface area contributed by atoms with Crippen molar-refractivity contribution in [1.29, 1.82) is 0 Å². The highest BCUT2D eigenvalue weighted by atomic mass is 19.1. The van der Waals surface area contributed by atoms with Crippen LogP contribution in [0.25, 0.3) is 0 Å². The van der Waals surface area contributed by atoms with Gasteiger partial charge in [-0.25, -0.2) is 22.8 Å². The van der Waals surface area contributed by atoms with Gasteiger partial charge >= 0.3 is 0 Å². The molecule has 50 heavy (non-hydrogen) atoms. The third kappa shape index (κ3) is 7.30. The second-order valence-electron chi connectivity index (χ2n) is 12.8. The summed E-state index contributed by atoms with van der Waals surface area (Å²) in [5.41, 5.74) is 3.51. The summed E-state index contributed by atoms with van der Waals surface area (Å²) in [4.78, 5) is 21.3. The maximum absolute atomic E-state index is 15.0. The zero-order chi connectivity index (χ0) is 34.7. The first-order valence-electron chi connectivity index (χ1n) is 16.6. The van der Waals surface area contributed by atoms with Crippen molar-refractivity contribution in [2.24, 2.45) is 5.92 Å². The van der Waals surface area contributed by atoms with E-state index in [-0.39, 0.29) is 24.2 Å². The molecule has 1 amide bonds. The first-order valence-corrected chi connectivity index (χ1v) is 16.6. The summed E-state index contributed by atoms with van der Waals surface area (Å²) < 4.78 is 56.0. The van der Waals surface area contributed by atoms with Crippen LogP contribution in [0, 0.1) is 30.3 Å². The van der Waals surface area contributed by atoms with Gasteiger partial charge in [0.25, 0.3) is 5.91 Å². The Kier molecular flexibility index (Phi) is 9.44. The van der Waals surface area contributed by atoms with Crippen LogP contribution < -0.4 is 19.9 Å². The van der Waals surface area contributed by atoms with Gasteiger partial charge < -0.3 is 24.6 Å². The van der Waals surface area contributed by atoms with E-state index < -0.39 is 17.2 Å². The lowest BCUT2D eigenvalue weighted by atomic mass is 9.87. The first kappa shape index (κ1) is 33.2. The fourth-order valence-corrected chi connectivity index (χ4v) is 6.77. The number of rotatable bonds is 10. The number of ether oxygens (including phenoxy) is 2. The molecule has 0 unspecified atom stereocenters. The van der Waals surface area contributed by atoms with E-state index >= 15 is 0 Å². The molecule has 1 aromatic heterocycles. The average Bonchev–Trinajstić information content (AvgIpc) is 3.79. The highest BCUT2D eigenvalue weighted by molar-refractivity contribution is 6.04. The normalized spacial score (nSPS) is 19.1. The predicted molar refractivity (Wildman–Crippen MR) is 184 cm³/mol. The van der Waals surface area contributed by atoms with Gasteiger partial charge in [0.05, 0.1) is 19.8 Å². The van der Waals surface area contributed by atoms with Crippen LogP contribution in [0.4, 0.5) is 30.2 Å². The molecule has 7 rings (SSSR count). The maximum atomic E-state index is 15.0. The first-order chi connectivity index (χ1) is 24.2. The van der Waals surface area contributed by atoms with Crippen LogP contribution in [-0.2, 0) is 16.9 Å². The SMILES string of the molecule is Cc1cc(N2CCN(c3ccc(C(=O)Nc4ccc(F)cc4)cc3)CC2)ccc1OC[C@@H]1CO[C@@](Cn2cncn2)(c2ccc(F)cc2F)C1. The molecule has 5 aromatic rings. The van der Waals surface area contributed by atoms with E-state index in [1.165, 1.54) is 42.7 Å². The maximum Gasteiger partial charge on any atom is 0.255 e. The van der Waals surface area contributed by atoms with E-state index in [0.717, 1.165) is 54.9 Å². The Balaban J connectivity index is 0.927. The van der Waals surface area contributed by atoms with Crippen LogP contribution in [0.15, 0.2) is 97.6 Å². The monoisotopic (exact) mass is 682 g/mol. The summed E-state index contributed by atoms with van der Waals surface area (Å²) in [6.45, 7) is 6.33. The molecule has 9 nitrogen and oxygen atoms in total. The van der Waals surface area contributed by atoms with Crippen molar-refractivity contribution in [3.05, 3.63) is 132 Å². The lowest BCUT2D eigenvalue weighted by Crippen LogP contribution is -2.46. The third-order valence-corrected chi connectivity index (χ3v) is 9.39. The number of amides is 1. The van der Waals surface area contributed by atoms with Gasteiger partial charge in [-0.1, -0.05) is 6.07 Å². The minimum Gasteiger partial charge on any atom is -0.493 e. The van der Waals surface area contributed by atoms with Crippen LogP contribution in [0.1, 0.15) is 27.9 Å². The second kappa shape index (κ2) is 14.2. The Hall–Kier alpha value is -5.36. The Bertz CT molecular complexity index is 1930. The van der Waals surface area contributed by atoms with Gasteiger partial charge in [-0.05, 0) is 91.7 Å². The van der Waals surface area contributed by atoms with Crippen molar-refractivity contribution in [1.82, 2.24) is 14.8 Å². The standard InChI is InChI=1S/C38H37F3N6O3/c1-26-18-33(46-16-14-45(15-17-46)32-9-2-28(3-10-32)37(48)44-31-7-4-29(39)5-8-31)11-13-36(26)49-21-27-20-38(50-22-27,23-47-25-42-24-43-47)34-12-6-30(40)19-35(34)41/h2-13,18-19,24-25,27H,14-17,20-23H2,1H3,(H,44,48)/t27-,38+/m1/s1. The number of carbonyl (C=O) groups excluding carboxylic acids is 1. The molecule has 0 bridgehead atoms. The van der Waals surface area contributed by atoms with E-state index in [1.54, 1.807) is 23.1 Å². The van der Waals surface area contributed by atoms with Gasteiger partial charge in [0.2, 0.25) is 0 Å². The molecule has 1 N–H and O–H groups in total. The number of nitrogens with one attached hydrogen (secondary N) is 1. The van der Waals surface area contributed by atoms with Gasteiger partial charge in [-0.2, -0.15) is 5.10 Å². The van der Waals surface area contributed by atoms with E-state index in [4.69, 9.17) is 9.47 Å². The number of anilines is 3. The molecule has 12 heteroatoms. The largest absolute Gasteiger partial charge is 0.493 e. The molecule has 4 aromatic carbocycles. The van der Waals surface area contributed by atoms with Crippen molar-refractivity contribution in [2.75, 3.05) is 54.5 Å². The Labute approximate surface area is 288 Å². The van der Waals surface area contributed by atoms with Crippen molar-refractivity contribution in [3.63, 3.8) is 0 Å². The van der Waals surface area contributed by atoms with Gasteiger partial charge in [-0.15, -0.1) is 0 Å². The van der Waals surface area contributed by atoms with Crippen LogP contribution in [0.2, 0.25) is 0 Å². The lowest BCUT2D eigenvalue weighted by molar-refractivity contribution is -0.0206. The van der Waals surface area contributed by atoms with Crippen LogP contribution in [-0.4, -0.2) is 60.1 Å². The number of halogens is 3. The number of aryl methyl sites for hydroxylation is 1. The summed E-state index contributed by atoms with van der Waals surface area (Å²) >= 11 is 0. The minimum atomic E-state index is -1.03. The summed E-state index contributed by atoms with van der Waals surface area (Å²) in [6.07, 6.45) is 3.45. The average molecular weight is 683 g/mol. The van der Waals surface area contributed by atoms with Crippen LogP contribution >= 0.6 is 0 Å². The van der Waals surface area contributed by atoms with E-state index in [9.17, 15) is 18.0 Å². The lowest BCUT2D eigenvalue weighted by Gasteiger charge is -2.37. The predicted octanol–water partition coefficient (Wildman–Crippen LogP) is 6.59. The smallest absolute Gasteiger partial charge is 0.255 e. The van der Waals surface area contributed by atoms with Crippen LogP contribution in [0.5, 0.6) is 5.75 Å². The molecule has 2 aliphatic rings. The number of piperazine rings is 1. The molecule has 0 spiro atoms. The quantitative estimate of drug-likeness (QED) is 0.178. The Morgan fingerprint density at radius 2 is 1.60 bits per heavy atom. The number of carbonyl (C=O) groups is 1. The highest BCUT2D eigenvalue weighted by Gasteiger charge is 2.44. The number of hydrogen-bond acceptors (Lipinski definition) is 7. The van der Waals surface area contributed by atoms with Gasteiger partial charge in [0.15, 0.2) is 0 Å². The molecule has 2 aliphatic heterocycles. The summed E-state index contributed by atoms with van der Waals surface area (Å²) in [5, 5.41) is 6.98. The second-order valence-corrected chi connectivity index (χ2v) is 12.8. The number of nitrogens with zero attached hydrogens (tertiary/aromatic N) is 5. The topological polar surface area (TPSA) is 84.8 Å². The number of benzene rings is 4.